The first-order valence-electron chi connectivity index (χ1n) is 8.61. The number of hydrogen-bond acceptors (Lipinski definition) is 3. The van der Waals surface area contributed by atoms with Gasteiger partial charge in [0.05, 0.1) is 10.7 Å². The molecule has 1 fully saturated rings. The number of nitrogens with one attached hydrogen (secondary N) is 1. The van der Waals surface area contributed by atoms with Crippen molar-refractivity contribution >= 4 is 34.6 Å². The highest BCUT2D eigenvalue weighted by Gasteiger charge is 2.38. The van der Waals surface area contributed by atoms with E-state index in [0.717, 1.165) is 11.0 Å². The van der Waals surface area contributed by atoms with Crippen molar-refractivity contribution in [1.82, 2.24) is 0 Å². The summed E-state index contributed by atoms with van der Waals surface area (Å²) in [5, 5.41) is 1.64. The Hall–Kier alpha value is -2.76. The SMILES string of the molecule is O=C(Nc1ccc(N2CCN(c3c(F)c(F)c(F)c(F)c3F)CC2)c(Cl)c1)C(F)(F)F. The van der Waals surface area contributed by atoms with Crippen LogP contribution in [0.3, 0.4) is 0 Å². The van der Waals surface area contributed by atoms with E-state index in [1.807, 2.05) is 0 Å². The molecule has 168 valence electrons. The van der Waals surface area contributed by atoms with Crippen LogP contribution in [0.2, 0.25) is 5.02 Å². The maximum absolute atomic E-state index is 14.0. The van der Waals surface area contributed by atoms with Crippen molar-refractivity contribution in [3.63, 3.8) is 0 Å². The molecule has 0 saturated carbocycles. The minimum absolute atomic E-state index is 0.00958. The van der Waals surface area contributed by atoms with Crippen molar-refractivity contribution < 1.29 is 39.9 Å². The lowest BCUT2D eigenvalue weighted by molar-refractivity contribution is -0.167. The lowest BCUT2D eigenvalue weighted by Crippen LogP contribution is -2.47. The molecular weight excluding hydrogens is 462 g/mol. The molecule has 1 amide bonds. The molecule has 0 spiro atoms. The molecule has 1 aliphatic rings. The number of piperazine rings is 1. The smallest absolute Gasteiger partial charge is 0.367 e. The fourth-order valence-electron chi connectivity index (χ4n) is 3.08. The molecule has 1 N–H and O–H groups in total. The summed E-state index contributed by atoms with van der Waals surface area (Å²) in [6.45, 7) is -0.122. The van der Waals surface area contributed by atoms with Gasteiger partial charge in [0.15, 0.2) is 23.3 Å². The van der Waals surface area contributed by atoms with Crippen LogP contribution in [-0.4, -0.2) is 38.3 Å². The third-order valence-corrected chi connectivity index (χ3v) is 4.89. The lowest BCUT2D eigenvalue weighted by atomic mass is 10.2. The summed E-state index contributed by atoms with van der Waals surface area (Å²) < 4.78 is 105. The number of anilines is 3. The number of carbonyl (C=O) groups excluding carboxylic acids is 1. The van der Waals surface area contributed by atoms with Gasteiger partial charge in [-0.1, -0.05) is 11.6 Å². The van der Waals surface area contributed by atoms with Crippen LogP contribution in [0.15, 0.2) is 18.2 Å². The summed E-state index contributed by atoms with van der Waals surface area (Å²) in [4.78, 5) is 13.6. The maximum atomic E-state index is 14.0. The maximum Gasteiger partial charge on any atom is 0.471 e. The number of rotatable bonds is 3. The number of amides is 1. The van der Waals surface area contributed by atoms with E-state index in [4.69, 9.17) is 11.6 Å². The predicted molar refractivity (Wildman–Crippen MR) is 96.8 cm³/mol. The van der Waals surface area contributed by atoms with Crippen LogP contribution in [0.1, 0.15) is 0 Å². The third kappa shape index (κ3) is 4.48. The van der Waals surface area contributed by atoms with Crippen LogP contribution in [0.25, 0.3) is 0 Å². The van der Waals surface area contributed by atoms with Crippen LogP contribution in [-0.2, 0) is 4.79 Å². The van der Waals surface area contributed by atoms with E-state index in [-0.39, 0.29) is 36.9 Å². The van der Waals surface area contributed by atoms with Gasteiger partial charge in [0.1, 0.15) is 5.69 Å². The topological polar surface area (TPSA) is 35.6 Å². The van der Waals surface area contributed by atoms with Gasteiger partial charge < -0.3 is 15.1 Å². The number of halogens is 9. The fourth-order valence-corrected chi connectivity index (χ4v) is 3.39. The van der Waals surface area contributed by atoms with Gasteiger partial charge in [-0.15, -0.1) is 0 Å². The first-order valence-corrected chi connectivity index (χ1v) is 8.98. The molecule has 1 heterocycles. The van der Waals surface area contributed by atoms with Crippen molar-refractivity contribution in [2.45, 2.75) is 6.18 Å². The van der Waals surface area contributed by atoms with E-state index in [9.17, 15) is 39.9 Å². The zero-order valence-electron chi connectivity index (χ0n) is 15.3. The van der Waals surface area contributed by atoms with Gasteiger partial charge in [-0.25, -0.2) is 22.0 Å². The minimum atomic E-state index is -5.08. The summed E-state index contributed by atoms with van der Waals surface area (Å²) in [5.41, 5.74) is -0.882. The van der Waals surface area contributed by atoms with E-state index >= 15 is 0 Å². The number of hydrogen-bond donors (Lipinski definition) is 1. The van der Waals surface area contributed by atoms with Gasteiger partial charge in [-0.05, 0) is 18.2 Å². The highest BCUT2D eigenvalue weighted by molar-refractivity contribution is 6.33. The first-order chi connectivity index (χ1) is 14.4. The number of alkyl halides is 3. The molecule has 4 nitrogen and oxygen atoms in total. The Morgan fingerprint density at radius 3 is 1.81 bits per heavy atom. The zero-order valence-corrected chi connectivity index (χ0v) is 16.0. The Morgan fingerprint density at radius 2 is 1.32 bits per heavy atom. The van der Waals surface area contributed by atoms with Gasteiger partial charge in [-0.3, -0.25) is 4.79 Å². The quantitative estimate of drug-likeness (QED) is 0.393. The molecule has 0 unspecified atom stereocenters. The van der Waals surface area contributed by atoms with Crippen molar-refractivity contribution in [1.29, 1.82) is 0 Å². The van der Waals surface area contributed by atoms with Crippen LogP contribution in [0, 0.1) is 29.1 Å². The largest absolute Gasteiger partial charge is 0.471 e. The number of nitrogens with zero attached hydrogens (tertiary/aromatic N) is 2. The number of benzene rings is 2. The summed E-state index contributed by atoms with van der Waals surface area (Å²) in [6.07, 6.45) is -5.08. The minimum Gasteiger partial charge on any atom is -0.367 e. The van der Waals surface area contributed by atoms with Crippen molar-refractivity contribution in [3.05, 3.63) is 52.3 Å². The normalized spacial score (nSPS) is 14.7. The zero-order chi connectivity index (χ0) is 23.1. The molecule has 1 aliphatic heterocycles. The molecule has 0 bridgehead atoms. The Bertz CT molecular complexity index is 993. The molecule has 0 aliphatic carbocycles. The van der Waals surface area contributed by atoms with Gasteiger partial charge in [0.2, 0.25) is 5.82 Å². The third-order valence-electron chi connectivity index (χ3n) is 4.59. The monoisotopic (exact) mass is 473 g/mol. The van der Waals surface area contributed by atoms with Crippen LogP contribution < -0.4 is 15.1 Å². The lowest BCUT2D eigenvalue weighted by Gasteiger charge is -2.38. The van der Waals surface area contributed by atoms with Crippen LogP contribution >= 0.6 is 11.6 Å². The van der Waals surface area contributed by atoms with E-state index in [2.05, 4.69) is 0 Å². The second-order valence-corrected chi connectivity index (χ2v) is 6.92. The molecule has 0 aromatic heterocycles. The molecule has 13 heteroatoms. The van der Waals surface area contributed by atoms with E-state index in [0.29, 0.717) is 5.69 Å². The van der Waals surface area contributed by atoms with Gasteiger partial charge >= 0.3 is 12.1 Å². The predicted octanol–water partition coefficient (Wildman–Crippen LogP) is 4.86. The van der Waals surface area contributed by atoms with Gasteiger partial charge in [0.25, 0.3) is 0 Å². The average Bonchev–Trinajstić information content (AvgIpc) is 2.71. The van der Waals surface area contributed by atoms with Crippen molar-refractivity contribution in [2.75, 3.05) is 41.3 Å². The summed E-state index contributed by atoms with van der Waals surface area (Å²) in [7, 11) is 0. The van der Waals surface area contributed by atoms with Crippen LogP contribution in [0.5, 0.6) is 0 Å². The molecule has 31 heavy (non-hydrogen) atoms. The Morgan fingerprint density at radius 1 is 0.839 bits per heavy atom. The second kappa shape index (κ2) is 8.40. The number of carbonyl (C=O) groups is 1. The van der Waals surface area contributed by atoms with Crippen molar-refractivity contribution in [2.24, 2.45) is 0 Å². The fraction of sp³-hybridized carbons (Fsp3) is 0.278. The molecule has 3 rings (SSSR count). The molecule has 0 radical (unpaired) electrons. The van der Waals surface area contributed by atoms with Gasteiger partial charge in [0, 0.05) is 31.9 Å². The standard InChI is InChI=1S/C18H12ClF8N3O/c19-9-7-8(28-17(31)18(25,26)27)1-2-10(9)29-3-5-30(6-4-29)16-14(23)12(21)11(20)13(22)15(16)24/h1-2,7H,3-6H2,(H,28,31). The van der Waals surface area contributed by atoms with Crippen molar-refractivity contribution in [3.8, 4) is 0 Å². The Balaban J connectivity index is 1.74. The Labute approximate surface area is 175 Å². The van der Waals surface area contributed by atoms with E-state index < -0.39 is 46.9 Å². The summed E-state index contributed by atoms with van der Waals surface area (Å²) in [6, 6.07) is 3.61. The summed E-state index contributed by atoms with van der Waals surface area (Å²) >= 11 is 6.07. The molecule has 0 atom stereocenters. The Kier molecular flexibility index (Phi) is 6.21. The molecule has 1 saturated heterocycles. The molecule has 2 aromatic rings. The molecular formula is C18H12ClF8N3O. The van der Waals surface area contributed by atoms with E-state index in [1.165, 1.54) is 12.1 Å². The highest BCUT2D eigenvalue weighted by atomic mass is 35.5. The summed E-state index contributed by atoms with van der Waals surface area (Å²) in [5.74, 6) is -12.4. The second-order valence-electron chi connectivity index (χ2n) is 6.51. The molecule has 2 aromatic carbocycles. The van der Waals surface area contributed by atoms with Gasteiger partial charge in [-0.2, -0.15) is 13.2 Å². The average molecular weight is 474 g/mol. The first kappa shape index (κ1) is 22.9. The van der Waals surface area contributed by atoms with E-state index in [1.54, 1.807) is 10.2 Å². The highest BCUT2D eigenvalue weighted by Crippen LogP contribution is 2.34. The van der Waals surface area contributed by atoms with Crippen LogP contribution in [0.4, 0.5) is 52.2 Å².